The third-order valence-electron chi connectivity index (χ3n) is 12.8. The highest BCUT2D eigenvalue weighted by Crippen LogP contribution is 2.44. The highest BCUT2D eigenvalue weighted by atomic mass is 16.6. The lowest BCUT2D eigenvalue weighted by Crippen LogP contribution is -2.30. The minimum Gasteiger partial charge on any atom is -0.459 e. The molecule has 0 unspecified atom stereocenters. The number of benzene rings is 1. The van der Waals surface area contributed by atoms with Gasteiger partial charge in [-0.15, -0.1) is 0 Å². The third-order valence-corrected chi connectivity index (χ3v) is 12.8. The lowest BCUT2D eigenvalue weighted by Gasteiger charge is -2.37. The summed E-state index contributed by atoms with van der Waals surface area (Å²) in [4.78, 5) is 51.3. The molecule has 0 atom stereocenters. The van der Waals surface area contributed by atoms with E-state index in [0.29, 0.717) is 11.8 Å². The van der Waals surface area contributed by atoms with Crippen molar-refractivity contribution < 1.29 is 38.1 Å². The van der Waals surface area contributed by atoms with Crippen LogP contribution in [0.2, 0.25) is 0 Å². The van der Waals surface area contributed by atoms with Crippen LogP contribution in [0.4, 0.5) is 0 Å². The Morgan fingerprint density at radius 1 is 0.620 bits per heavy atom. The van der Waals surface area contributed by atoms with Gasteiger partial charge in [0.25, 0.3) is 0 Å². The topological polar surface area (TPSA) is 105 Å². The van der Waals surface area contributed by atoms with Gasteiger partial charge in [0, 0.05) is 6.08 Å². The molecule has 0 N–H and O–H groups in total. The van der Waals surface area contributed by atoms with E-state index in [1.165, 1.54) is 76.3 Å². The van der Waals surface area contributed by atoms with E-state index >= 15 is 0 Å². The number of carbonyl (C=O) groups is 4. The summed E-state index contributed by atoms with van der Waals surface area (Å²) in [5.41, 5.74) is -0.00791. The van der Waals surface area contributed by atoms with Gasteiger partial charge in [0.05, 0.1) is 11.8 Å². The molecule has 4 saturated carbocycles. The first-order chi connectivity index (χ1) is 24.3. The van der Waals surface area contributed by atoms with E-state index in [9.17, 15) is 19.2 Å². The fourth-order valence-corrected chi connectivity index (χ4v) is 9.41. The van der Waals surface area contributed by atoms with Crippen molar-refractivity contribution in [2.45, 2.75) is 129 Å². The number of esters is 4. The van der Waals surface area contributed by atoms with Crippen molar-refractivity contribution in [3.8, 4) is 11.5 Å². The first-order valence-electron chi connectivity index (χ1n) is 19.8. The average molecular weight is 693 g/mol. The van der Waals surface area contributed by atoms with Gasteiger partial charge in [0.1, 0.15) is 30.3 Å². The molecule has 0 spiro atoms. The van der Waals surface area contributed by atoms with E-state index in [4.69, 9.17) is 18.9 Å². The molecule has 50 heavy (non-hydrogen) atoms. The number of rotatable bonds is 13. The van der Waals surface area contributed by atoms with E-state index in [0.717, 1.165) is 81.1 Å². The summed E-state index contributed by atoms with van der Waals surface area (Å²) in [6.45, 7) is 7.60. The Morgan fingerprint density at radius 3 is 1.52 bits per heavy atom. The molecule has 8 nitrogen and oxygen atoms in total. The molecule has 0 radical (unpaired) electrons. The van der Waals surface area contributed by atoms with Crippen molar-refractivity contribution in [2.24, 2.45) is 47.3 Å². The molecular weight excluding hydrogens is 632 g/mol. The Kier molecular flexibility index (Phi) is 14.4. The molecule has 276 valence electrons. The van der Waals surface area contributed by atoms with Crippen LogP contribution in [0.1, 0.15) is 140 Å². The zero-order valence-corrected chi connectivity index (χ0v) is 30.5. The number of carbonyl (C=O) groups excluding carboxylic acids is 4. The minimum absolute atomic E-state index is 0.00791. The van der Waals surface area contributed by atoms with E-state index in [1.807, 2.05) is 0 Å². The zero-order valence-electron chi connectivity index (χ0n) is 30.5. The summed E-state index contributed by atoms with van der Waals surface area (Å²) >= 11 is 0. The predicted molar refractivity (Wildman–Crippen MR) is 192 cm³/mol. The van der Waals surface area contributed by atoms with Crippen molar-refractivity contribution >= 4 is 23.9 Å². The van der Waals surface area contributed by atoms with Gasteiger partial charge in [-0.3, -0.25) is 9.59 Å². The Morgan fingerprint density at radius 2 is 1.06 bits per heavy atom. The van der Waals surface area contributed by atoms with Gasteiger partial charge >= 0.3 is 23.9 Å². The molecule has 4 fully saturated rings. The molecule has 0 aromatic heterocycles. The fraction of sp³-hybridized carbons (Fsp3) is 0.714. The second kappa shape index (κ2) is 18.9. The van der Waals surface area contributed by atoms with Crippen LogP contribution in [0.3, 0.4) is 0 Å². The molecule has 0 aliphatic heterocycles. The van der Waals surface area contributed by atoms with Gasteiger partial charge in [-0.1, -0.05) is 59.0 Å². The number of hydrogen-bond acceptors (Lipinski definition) is 8. The molecular formula is C42H60O8. The Balaban J connectivity index is 1.17. The quantitative estimate of drug-likeness (QED) is 0.0872. The van der Waals surface area contributed by atoms with Gasteiger partial charge in [0.2, 0.25) is 0 Å². The molecule has 4 aliphatic rings. The van der Waals surface area contributed by atoms with Gasteiger partial charge in [-0.25, -0.2) is 9.59 Å². The largest absolute Gasteiger partial charge is 0.459 e. The number of hydrogen-bond donors (Lipinski definition) is 0. The second-order valence-corrected chi connectivity index (χ2v) is 15.6. The Bertz CT molecular complexity index is 1290. The minimum atomic E-state index is -0.759. The van der Waals surface area contributed by atoms with Crippen LogP contribution < -0.4 is 9.47 Å². The van der Waals surface area contributed by atoms with Gasteiger partial charge in [-0.2, -0.15) is 0 Å². The first-order valence-corrected chi connectivity index (χ1v) is 19.8. The van der Waals surface area contributed by atoms with Crippen molar-refractivity contribution in [3.63, 3.8) is 0 Å². The van der Waals surface area contributed by atoms with Crippen LogP contribution in [0, 0.1) is 47.3 Å². The SMILES string of the molecule is C=CC(=O)OCCOC(=O)c1cc(OC(=O)C2CCC(C3CCC(CC)CC3)CC2)ccc1OC(=O)C1CCC(C2CCC(CC)CC2)CC1. The highest BCUT2D eigenvalue weighted by molar-refractivity contribution is 5.94. The van der Waals surface area contributed by atoms with Crippen molar-refractivity contribution in [2.75, 3.05) is 13.2 Å². The molecule has 0 heterocycles. The van der Waals surface area contributed by atoms with E-state index in [2.05, 4.69) is 20.4 Å². The summed E-state index contributed by atoms with van der Waals surface area (Å²) < 4.78 is 22.0. The van der Waals surface area contributed by atoms with E-state index in [1.54, 1.807) is 6.07 Å². The fourth-order valence-electron chi connectivity index (χ4n) is 9.41. The maximum atomic E-state index is 13.4. The van der Waals surface area contributed by atoms with Crippen LogP contribution in [0.25, 0.3) is 0 Å². The smallest absolute Gasteiger partial charge is 0.342 e. The Hall–Kier alpha value is -3.16. The summed E-state index contributed by atoms with van der Waals surface area (Å²) in [6, 6.07) is 4.50. The first kappa shape index (κ1) is 38.1. The van der Waals surface area contributed by atoms with Gasteiger partial charge in [0.15, 0.2) is 0 Å². The zero-order chi connectivity index (χ0) is 35.5. The van der Waals surface area contributed by atoms with Crippen molar-refractivity contribution in [3.05, 3.63) is 36.4 Å². The van der Waals surface area contributed by atoms with Crippen LogP contribution in [-0.2, 0) is 23.9 Å². The summed E-state index contributed by atoms with van der Waals surface area (Å²) in [6.07, 6.45) is 21.5. The molecule has 1 aromatic carbocycles. The molecule has 5 rings (SSSR count). The van der Waals surface area contributed by atoms with Gasteiger partial charge < -0.3 is 18.9 Å². The van der Waals surface area contributed by atoms with Crippen molar-refractivity contribution in [1.82, 2.24) is 0 Å². The van der Waals surface area contributed by atoms with Gasteiger partial charge in [-0.05, 0) is 131 Å². The molecule has 0 saturated heterocycles. The van der Waals surface area contributed by atoms with Crippen molar-refractivity contribution in [1.29, 1.82) is 0 Å². The predicted octanol–water partition coefficient (Wildman–Crippen LogP) is 9.43. The van der Waals surface area contributed by atoms with Crippen LogP contribution in [0.5, 0.6) is 11.5 Å². The molecule has 4 aliphatic carbocycles. The molecule has 0 bridgehead atoms. The second-order valence-electron chi connectivity index (χ2n) is 15.6. The maximum Gasteiger partial charge on any atom is 0.342 e. The lowest BCUT2D eigenvalue weighted by molar-refractivity contribution is -0.141. The van der Waals surface area contributed by atoms with Crippen LogP contribution in [0.15, 0.2) is 30.9 Å². The summed E-state index contributed by atoms with van der Waals surface area (Å²) in [5.74, 6) is 2.50. The molecule has 0 amide bonds. The standard InChI is InChI=1S/C42H60O8/c1-4-28-7-11-30(12-8-28)32-15-19-34(20-16-32)40(44)49-36-23-24-38(37(27-36)42(46)48-26-25-47-39(43)6-3)50-41(45)35-21-17-33(18-22-35)31-13-9-29(5-2)10-14-31/h6,23-24,27-35H,3-5,7-22,25-26H2,1-2H3. The lowest BCUT2D eigenvalue weighted by atomic mass is 9.69. The average Bonchev–Trinajstić information content (AvgIpc) is 3.17. The molecule has 1 aromatic rings. The Labute approximate surface area is 299 Å². The number of ether oxygens (including phenoxy) is 4. The van der Waals surface area contributed by atoms with E-state index in [-0.39, 0.29) is 54.1 Å². The van der Waals surface area contributed by atoms with Crippen LogP contribution >= 0.6 is 0 Å². The normalized spacial score (nSPS) is 30.0. The van der Waals surface area contributed by atoms with E-state index < -0.39 is 11.9 Å². The summed E-state index contributed by atoms with van der Waals surface area (Å²) in [7, 11) is 0. The highest BCUT2D eigenvalue weighted by Gasteiger charge is 2.35. The monoisotopic (exact) mass is 692 g/mol. The summed E-state index contributed by atoms with van der Waals surface area (Å²) in [5, 5.41) is 0. The van der Waals surface area contributed by atoms with Crippen LogP contribution in [-0.4, -0.2) is 37.1 Å². The molecule has 8 heteroatoms. The third kappa shape index (κ3) is 10.4. The maximum absolute atomic E-state index is 13.4.